The molecular weight excluding hydrogens is 342 g/mol. The Hall–Kier alpha value is -1.54. The summed E-state index contributed by atoms with van der Waals surface area (Å²) in [6.07, 6.45) is 2.03. The molecule has 1 aromatic carbocycles. The molecule has 1 heterocycles. The highest BCUT2D eigenvalue weighted by Crippen LogP contribution is 2.27. The van der Waals surface area contributed by atoms with E-state index in [0.29, 0.717) is 0 Å². The lowest BCUT2D eigenvalue weighted by Gasteiger charge is -2.16. The third-order valence-corrected chi connectivity index (χ3v) is 5.34. The Balaban J connectivity index is 2.36. The number of thioether (sulfide) groups is 2. The van der Waals surface area contributed by atoms with E-state index in [4.69, 9.17) is 4.99 Å². The summed E-state index contributed by atoms with van der Waals surface area (Å²) < 4.78 is 3.61. The maximum Gasteiger partial charge on any atom is 0.368 e. The molecule has 0 radical (unpaired) electrons. The van der Waals surface area contributed by atoms with Crippen LogP contribution in [0, 0.1) is 6.92 Å². The van der Waals surface area contributed by atoms with E-state index in [-0.39, 0.29) is 11.2 Å². The summed E-state index contributed by atoms with van der Waals surface area (Å²) in [7, 11) is 1.60. The summed E-state index contributed by atoms with van der Waals surface area (Å²) in [5.74, 6) is 0.723. The fraction of sp³-hybridized carbons (Fsp3) is 0.500. The second-order valence-corrected chi connectivity index (χ2v) is 8.43. The first-order chi connectivity index (χ1) is 11.2. The number of hydrogen-bond acceptors (Lipinski definition) is 6. The first kappa shape index (κ1) is 18.8. The Morgan fingerprint density at radius 3 is 2.54 bits per heavy atom. The second kappa shape index (κ2) is 7.57. The summed E-state index contributed by atoms with van der Waals surface area (Å²) in [6, 6.07) is 5.87. The van der Waals surface area contributed by atoms with Crippen molar-refractivity contribution in [1.29, 1.82) is 0 Å². The van der Waals surface area contributed by atoms with Crippen LogP contribution in [-0.2, 0) is 12.8 Å². The van der Waals surface area contributed by atoms with Gasteiger partial charge >= 0.3 is 5.69 Å². The SMILES string of the molecule is CSC(=NC(C)(C)C)SCc1c(C)cccc1-n1nnn(C)c1=O. The van der Waals surface area contributed by atoms with Crippen LogP contribution in [0.25, 0.3) is 5.69 Å². The van der Waals surface area contributed by atoms with Crippen molar-refractivity contribution < 1.29 is 0 Å². The molecule has 6 nitrogen and oxygen atoms in total. The fourth-order valence-electron chi connectivity index (χ4n) is 2.08. The zero-order chi connectivity index (χ0) is 17.9. The molecule has 0 aliphatic heterocycles. The van der Waals surface area contributed by atoms with Crippen molar-refractivity contribution in [2.75, 3.05) is 6.26 Å². The van der Waals surface area contributed by atoms with Gasteiger partial charge in [0.15, 0.2) is 0 Å². The zero-order valence-corrected chi connectivity index (χ0v) is 16.5. The average molecular weight is 366 g/mol. The minimum absolute atomic E-state index is 0.109. The zero-order valence-electron chi connectivity index (χ0n) is 14.9. The maximum atomic E-state index is 12.2. The molecule has 0 fully saturated rings. The molecule has 0 aliphatic carbocycles. The third-order valence-electron chi connectivity index (χ3n) is 3.28. The minimum atomic E-state index is -0.250. The summed E-state index contributed by atoms with van der Waals surface area (Å²) in [4.78, 5) is 16.9. The van der Waals surface area contributed by atoms with Gasteiger partial charge in [0.1, 0.15) is 4.38 Å². The number of nitrogens with zero attached hydrogens (tertiary/aromatic N) is 5. The van der Waals surface area contributed by atoms with E-state index in [1.54, 1.807) is 30.6 Å². The van der Waals surface area contributed by atoms with Crippen molar-refractivity contribution in [3.05, 3.63) is 39.8 Å². The van der Waals surface area contributed by atoms with Crippen LogP contribution in [-0.4, -0.2) is 36.0 Å². The van der Waals surface area contributed by atoms with Crippen LogP contribution in [0.15, 0.2) is 28.0 Å². The molecule has 0 saturated carbocycles. The third kappa shape index (κ3) is 4.51. The molecule has 0 atom stereocenters. The number of aromatic nitrogens is 4. The number of benzene rings is 1. The van der Waals surface area contributed by atoms with Crippen LogP contribution in [0.4, 0.5) is 0 Å². The van der Waals surface area contributed by atoms with E-state index in [9.17, 15) is 4.79 Å². The highest BCUT2D eigenvalue weighted by atomic mass is 32.2. The van der Waals surface area contributed by atoms with Crippen LogP contribution in [0.3, 0.4) is 0 Å². The van der Waals surface area contributed by atoms with E-state index in [1.165, 1.54) is 9.36 Å². The molecule has 0 spiro atoms. The number of tetrazole rings is 1. The highest BCUT2D eigenvalue weighted by Gasteiger charge is 2.15. The first-order valence-corrected chi connectivity index (χ1v) is 9.78. The van der Waals surface area contributed by atoms with Gasteiger partial charge in [-0.05, 0) is 61.6 Å². The molecule has 0 bridgehead atoms. The Morgan fingerprint density at radius 1 is 1.29 bits per heavy atom. The van der Waals surface area contributed by atoms with Crippen molar-refractivity contribution in [2.45, 2.75) is 39.0 Å². The van der Waals surface area contributed by atoms with Crippen molar-refractivity contribution in [3.63, 3.8) is 0 Å². The predicted molar refractivity (Wildman–Crippen MR) is 103 cm³/mol. The van der Waals surface area contributed by atoms with Crippen LogP contribution < -0.4 is 5.69 Å². The van der Waals surface area contributed by atoms with Gasteiger partial charge in [0, 0.05) is 12.8 Å². The van der Waals surface area contributed by atoms with Crippen molar-refractivity contribution in [1.82, 2.24) is 19.8 Å². The minimum Gasteiger partial charge on any atom is -0.266 e. The Labute approximate surface area is 150 Å². The van der Waals surface area contributed by atoms with Crippen molar-refractivity contribution in [3.8, 4) is 5.69 Å². The summed E-state index contributed by atoms with van der Waals surface area (Å²) >= 11 is 3.32. The molecule has 24 heavy (non-hydrogen) atoms. The molecule has 130 valence electrons. The van der Waals surface area contributed by atoms with Crippen molar-refractivity contribution >= 4 is 27.9 Å². The quantitative estimate of drug-likeness (QED) is 0.618. The molecule has 8 heteroatoms. The van der Waals surface area contributed by atoms with Gasteiger partial charge in [0.2, 0.25) is 0 Å². The van der Waals surface area contributed by atoms with Gasteiger partial charge in [-0.2, -0.15) is 9.36 Å². The molecule has 0 amide bonds. The number of aryl methyl sites for hydroxylation is 2. The fourth-order valence-corrected chi connectivity index (χ4v) is 4.08. The topological polar surface area (TPSA) is 65.1 Å². The van der Waals surface area contributed by atoms with E-state index in [1.807, 2.05) is 31.4 Å². The van der Waals surface area contributed by atoms with Crippen molar-refractivity contribution in [2.24, 2.45) is 12.0 Å². The summed E-state index contributed by atoms with van der Waals surface area (Å²) in [5, 5.41) is 7.77. The van der Waals surface area contributed by atoms with E-state index < -0.39 is 0 Å². The monoisotopic (exact) mass is 365 g/mol. The molecule has 0 aliphatic rings. The second-order valence-electron chi connectivity index (χ2n) is 6.41. The van der Waals surface area contributed by atoms with E-state index >= 15 is 0 Å². The summed E-state index contributed by atoms with van der Waals surface area (Å²) in [5.41, 5.74) is 2.61. The van der Waals surface area contributed by atoms with Gasteiger partial charge in [0.05, 0.1) is 11.2 Å². The molecule has 0 N–H and O–H groups in total. The van der Waals surface area contributed by atoms with Gasteiger partial charge < -0.3 is 0 Å². The Bertz CT molecular complexity index is 802. The molecular formula is C16H23N5OS2. The lowest BCUT2D eigenvalue weighted by atomic mass is 10.1. The van der Waals surface area contributed by atoms with Gasteiger partial charge in [0.25, 0.3) is 0 Å². The van der Waals surface area contributed by atoms with Gasteiger partial charge in [-0.15, -0.1) is 11.8 Å². The predicted octanol–water partition coefficient (Wildman–Crippen LogP) is 3.03. The Morgan fingerprint density at radius 2 is 2.00 bits per heavy atom. The van der Waals surface area contributed by atoms with Crippen LogP contribution in [0.1, 0.15) is 31.9 Å². The number of aliphatic imine (C=N–C) groups is 1. The van der Waals surface area contributed by atoms with Crippen LogP contribution in [0.2, 0.25) is 0 Å². The lowest BCUT2D eigenvalue weighted by Crippen LogP contribution is -2.23. The molecule has 2 rings (SSSR count). The molecule has 0 unspecified atom stereocenters. The standard InChI is InChI=1S/C16H23N5OS2/c1-11-8-7-9-13(21-15(22)20(5)18-19-21)12(11)10-24-14(23-6)17-16(2,3)4/h7-9H,10H2,1-6H3. The van der Waals surface area contributed by atoms with E-state index in [2.05, 4.69) is 31.2 Å². The number of hydrogen-bond donors (Lipinski definition) is 0. The van der Waals surface area contributed by atoms with E-state index in [0.717, 1.165) is 26.9 Å². The van der Waals surface area contributed by atoms with Gasteiger partial charge in [-0.3, -0.25) is 4.99 Å². The molecule has 0 saturated heterocycles. The smallest absolute Gasteiger partial charge is 0.266 e. The van der Waals surface area contributed by atoms with Crippen LogP contribution >= 0.6 is 23.5 Å². The number of rotatable bonds is 3. The maximum absolute atomic E-state index is 12.2. The largest absolute Gasteiger partial charge is 0.368 e. The first-order valence-electron chi connectivity index (χ1n) is 7.57. The normalized spacial score (nSPS) is 12.7. The Kier molecular flexibility index (Phi) is 5.92. The van der Waals surface area contributed by atoms with Crippen LogP contribution in [0.5, 0.6) is 0 Å². The lowest BCUT2D eigenvalue weighted by molar-refractivity contribution is 0.587. The molecule has 1 aromatic heterocycles. The van der Waals surface area contributed by atoms with Gasteiger partial charge in [-0.1, -0.05) is 23.9 Å². The average Bonchev–Trinajstić information content (AvgIpc) is 2.83. The van der Waals surface area contributed by atoms with Gasteiger partial charge in [-0.25, -0.2) is 4.79 Å². The molecule has 2 aromatic rings. The highest BCUT2D eigenvalue weighted by molar-refractivity contribution is 8.38. The summed E-state index contributed by atoms with van der Waals surface area (Å²) in [6.45, 7) is 8.30.